The molecule has 1 amide bonds. The molecule has 0 radical (unpaired) electrons. The van der Waals surface area contributed by atoms with Crippen molar-refractivity contribution < 1.29 is 23.8 Å². The van der Waals surface area contributed by atoms with E-state index in [1.54, 1.807) is 18.2 Å². The van der Waals surface area contributed by atoms with Gasteiger partial charge in [-0.1, -0.05) is 26.7 Å². The highest BCUT2D eigenvalue weighted by molar-refractivity contribution is 5.94. The molecule has 0 aliphatic heterocycles. The fraction of sp³-hybridized carbons (Fsp3) is 0.579. The summed E-state index contributed by atoms with van der Waals surface area (Å²) >= 11 is 0. The van der Waals surface area contributed by atoms with Gasteiger partial charge in [0.05, 0.1) is 14.2 Å². The molecule has 0 heterocycles. The molecule has 3 atom stereocenters. The highest BCUT2D eigenvalue weighted by Gasteiger charge is 2.28. The van der Waals surface area contributed by atoms with Gasteiger partial charge in [0.25, 0.3) is 5.91 Å². The first-order valence-corrected chi connectivity index (χ1v) is 8.64. The zero-order valence-electron chi connectivity index (χ0n) is 15.3. The molecule has 6 nitrogen and oxygen atoms in total. The molecular weight excluding hydrogens is 322 g/mol. The van der Waals surface area contributed by atoms with E-state index in [9.17, 15) is 9.59 Å². The summed E-state index contributed by atoms with van der Waals surface area (Å²) in [6, 6.07) is 4.94. The Labute approximate surface area is 148 Å². The van der Waals surface area contributed by atoms with Crippen LogP contribution in [0.15, 0.2) is 18.2 Å². The van der Waals surface area contributed by atoms with E-state index in [0.717, 1.165) is 12.8 Å². The minimum Gasteiger partial charge on any atom is -0.497 e. The van der Waals surface area contributed by atoms with E-state index in [1.807, 2.05) is 0 Å². The summed E-state index contributed by atoms with van der Waals surface area (Å²) in [5, 5.41) is 2.99. The Kier molecular flexibility index (Phi) is 6.67. The molecule has 6 heteroatoms. The third-order valence-corrected chi connectivity index (χ3v) is 5.02. The number of rotatable bonds is 6. The Morgan fingerprint density at radius 3 is 2.60 bits per heavy atom. The van der Waals surface area contributed by atoms with E-state index < -0.39 is 5.97 Å². The summed E-state index contributed by atoms with van der Waals surface area (Å²) in [7, 11) is 2.99. The maximum Gasteiger partial charge on any atom is 0.342 e. The Morgan fingerprint density at radius 1 is 1.16 bits per heavy atom. The van der Waals surface area contributed by atoms with Gasteiger partial charge in [0.2, 0.25) is 0 Å². The molecule has 1 fully saturated rings. The minimum absolute atomic E-state index is 0.144. The highest BCUT2D eigenvalue weighted by atomic mass is 16.5. The molecule has 1 saturated carbocycles. The molecular formula is C19H27NO5. The van der Waals surface area contributed by atoms with Crippen molar-refractivity contribution in [2.75, 3.05) is 20.8 Å². The first-order valence-electron chi connectivity index (χ1n) is 8.64. The number of carbonyl (C=O) groups excluding carboxylic acids is 2. The van der Waals surface area contributed by atoms with E-state index in [0.29, 0.717) is 23.3 Å². The van der Waals surface area contributed by atoms with Gasteiger partial charge in [-0.05, 0) is 30.4 Å². The normalized spacial score (nSPS) is 22.8. The zero-order valence-corrected chi connectivity index (χ0v) is 15.3. The van der Waals surface area contributed by atoms with Gasteiger partial charge in [-0.15, -0.1) is 0 Å². The second-order valence-corrected chi connectivity index (χ2v) is 6.58. The second-order valence-electron chi connectivity index (χ2n) is 6.58. The summed E-state index contributed by atoms with van der Waals surface area (Å²) in [4.78, 5) is 24.3. The molecule has 1 N–H and O–H groups in total. The maximum absolute atomic E-state index is 12.2. The Hall–Kier alpha value is -2.24. The largest absolute Gasteiger partial charge is 0.497 e. The van der Waals surface area contributed by atoms with Crippen LogP contribution < -0.4 is 14.8 Å². The molecule has 1 aliphatic carbocycles. The summed E-state index contributed by atoms with van der Waals surface area (Å²) in [5.74, 6) is 1.07. The van der Waals surface area contributed by atoms with Gasteiger partial charge in [0.1, 0.15) is 17.1 Å². The van der Waals surface area contributed by atoms with E-state index >= 15 is 0 Å². The highest BCUT2D eigenvalue weighted by Crippen LogP contribution is 2.29. The molecule has 1 aromatic carbocycles. The van der Waals surface area contributed by atoms with Crippen molar-refractivity contribution in [2.24, 2.45) is 11.8 Å². The SMILES string of the molecule is COc1ccc(C(=O)OCC(=O)NC2CCCC(C)C2C)c(OC)c1. The van der Waals surface area contributed by atoms with Crippen LogP contribution >= 0.6 is 0 Å². The molecule has 3 unspecified atom stereocenters. The fourth-order valence-corrected chi connectivity index (χ4v) is 3.21. The van der Waals surface area contributed by atoms with Crippen LogP contribution in [0.4, 0.5) is 0 Å². The molecule has 2 rings (SSSR count). The summed E-state index contributed by atoms with van der Waals surface area (Å²) in [6.07, 6.45) is 3.27. The van der Waals surface area contributed by atoms with Crippen molar-refractivity contribution >= 4 is 11.9 Å². The average Bonchev–Trinajstić information content (AvgIpc) is 2.62. The topological polar surface area (TPSA) is 73.9 Å². The van der Waals surface area contributed by atoms with E-state index in [1.165, 1.54) is 20.6 Å². The number of ether oxygens (including phenoxy) is 3. The van der Waals surface area contributed by atoms with Crippen LogP contribution in [0.25, 0.3) is 0 Å². The molecule has 1 aliphatic rings. The standard InChI is InChI=1S/C19H27NO5/c1-12-6-5-7-16(13(12)2)20-18(21)11-25-19(22)15-9-8-14(23-3)10-17(15)24-4/h8-10,12-13,16H,5-7,11H2,1-4H3,(H,20,21). The lowest BCUT2D eigenvalue weighted by Crippen LogP contribution is -2.45. The first-order chi connectivity index (χ1) is 12.0. The number of nitrogens with one attached hydrogen (secondary N) is 1. The zero-order chi connectivity index (χ0) is 18.4. The Balaban J connectivity index is 1.90. The molecule has 0 aromatic heterocycles. The van der Waals surface area contributed by atoms with Crippen molar-refractivity contribution in [1.82, 2.24) is 5.32 Å². The van der Waals surface area contributed by atoms with Crippen molar-refractivity contribution in [1.29, 1.82) is 0 Å². The van der Waals surface area contributed by atoms with Crippen LogP contribution in [0.3, 0.4) is 0 Å². The summed E-state index contributed by atoms with van der Waals surface area (Å²) in [6.45, 7) is 4.06. The number of hydrogen-bond acceptors (Lipinski definition) is 5. The quantitative estimate of drug-likeness (QED) is 0.800. The molecule has 1 aromatic rings. The van der Waals surface area contributed by atoms with Crippen molar-refractivity contribution in [3.8, 4) is 11.5 Å². The average molecular weight is 349 g/mol. The minimum atomic E-state index is -0.597. The third kappa shape index (κ3) is 4.87. The fourth-order valence-electron chi connectivity index (χ4n) is 3.21. The van der Waals surface area contributed by atoms with Crippen LogP contribution in [0, 0.1) is 11.8 Å². The molecule has 0 spiro atoms. The van der Waals surface area contributed by atoms with Crippen LogP contribution in [0.2, 0.25) is 0 Å². The summed E-state index contributed by atoms with van der Waals surface area (Å²) in [5.41, 5.74) is 0.260. The van der Waals surface area contributed by atoms with E-state index in [4.69, 9.17) is 14.2 Å². The van der Waals surface area contributed by atoms with Crippen molar-refractivity contribution in [3.05, 3.63) is 23.8 Å². The van der Waals surface area contributed by atoms with Crippen LogP contribution in [0.1, 0.15) is 43.5 Å². The number of methoxy groups -OCH3 is 2. The first kappa shape index (κ1) is 19.1. The predicted octanol–water partition coefficient (Wildman–Crippen LogP) is 2.80. The van der Waals surface area contributed by atoms with Crippen LogP contribution in [0.5, 0.6) is 11.5 Å². The number of amides is 1. The smallest absolute Gasteiger partial charge is 0.342 e. The van der Waals surface area contributed by atoms with Gasteiger partial charge in [-0.3, -0.25) is 4.79 Å². The summed E-state index contributed by atoms with van der Waals surface area (Å²) < 4.78 is 15.4. The number of hydrogen-bond donors (Lipinski definition) is 1. The second kappa shape index (κ2) is 8.74. The van der Waals surface area contributed by atoms with Gasteiger partial charge in [-0.25, -0.2) is 4.79 Å². The van der Waals surface area contributed by atoms with E-state index in [2.05, 4.69) is 19.2 Å². The van der Waals surface area contributed by atoms with Crippen molar-refractivity contribution in [3.63, 3.8) is 0 Å². The van der Waals surface area contributed by atoms with Gasteiger partial charge in [0, 0.05) is 12.1 Å². The molecule has 0 bridgehead atoms. The number of benzene rings is 1. The number of carbonyl (C=O) groups is 2. The molecule has 25 heavy (non-hydrogen) atoms. The van der Waals surface area contributed by atoms with Crippen molar-refractivity contribution in [2.45, 2.75) is 39.2 Å². The maximum atomic E-state index is 12.2. The number of esters is 1. The lowest BCUT2D eigenvalue weighted by Gasteiger charge is -2.34. The lowest BCUT2D eigenvalue weighted by atomic mass is 9.78. The monoisotopic (exact) mass is 349 g/mol. The van der Waals surface area contributed by atoms with Crippen LogP contribution in [-0.2, 0) is 9.53 Å². The van der Waals surface area contributed by atoms with Crippen LogP contribution in [-0.4, -0.2) is 38.7 Å². The van der Waals surface area contributed by atoms with Gasteiger partial charge < -0.3 is 19.5 Å². The lowest BCUT2D eigenvalue weighted by molar-refractivity contribution is -0.125. The molecule has 138 valence electrons. The van der Waals surface area contributed by atoms with Gasteiger partial charge >= 0.3 is 5.97 Å². The predicted molar refractivity (Wildman–Crippen MR) is 93.9 cm³/mol. The van der Waals surface area contributed by atoms with Gasteiger partial charge in [0.15, 0.2) is 6.61 Å². The Morgan fingerprint density at radius 2 is 1.92 bits per heavy atom. The molecule has 0 saturated heterocycles. The third-order valence-electron chi connectivity index (χ3n) is 5.02. The van der Waals surface area contributed by atoms with Gasteiger partial charge in [-0.2, -0.15) is 0 Å². The van der Waals surface area contributed by atoms with E-state index in [-0.39, 0.29) is 24.1 Å². The Bertz CT molecular complexity index is 616.